The summed E-state index contributed by atoms with van der Waals surface area (Å²) in [5, 5.41) is 0. The van der Waals surface area contributed by atoms with Crippen molar-refractivity contribution in [1.29, 1.82) is 0 Å². The first-order chi connectivity index (χ1) is 25.1. The largest absolute Gasteiger partial charge is 0.310 e. The third-order valence-electron chi connectivity index (χ3n) is 12.7. The highest BCUT2D eigenvalue weighted by atomic mass is 15.1. The summed E-state index contributed by atoms with van der Waals surface area (Å²) in [7, 11) is 0. The molecule has 0 heterocycles. The SMILES string of the molecule is CC1(C)c2ccccc2-c2ccc(N(c3ccc4c(c3)C(C)(C)c3ccccc3-4)c3cc4c(cc3-c3ccccc3)-c3ccccc3C4(C)C)cc21. The molecule has 1 heteroatoms. The van der Waals surface area contributed by atoms with Crippen LogP contribution in [-0.4, -0.2) is 0 Å². The van der Waals surface area contributed by atoms with Crippen molar-refractivity contribution in [2.24, 2.45) is 0 Å². The molecule has 252 valence electrons. The average Bonchev–Trinajstić information content (AvgIpc) is 3.64. The second-order valence-electron chi connectivity index (χ2n) is 16.6. The molecule has 7 aromatic rings. The van der Waals surface area contributed by atoms with E-state index in [4.69, 9.17) is 0 Å². The van der Waals surface area contributed by atoms with Crippen LogP contribution < -0.4 is 4.90 Å². The van der Waals surface area contributed by atoms with Gasteiger partial charge in [0.25, 0.3) is 0 Å². The molecule has 0 aromatic heterocycles. The molecular formula is C51H43N. The predicted octanol–water partition coefficient (Wildman–Crippen LogP) is 13.7. The first kappa shape index (κ1) is 31.1. The standard InChI is InChI=1S/C51H43N/c1-49(2)42-21-13-10-18-35(42)38-26-24-33(28-45(38)49)52(34-25-27-39-36-19-11-14-22-43(36)50(3,4)46(39)29-34)48-31-47-41(30-40(48)32-16-8-7-9-17-32)37-20-12-15-23-44(37)51(47,5)6/h7-31H,1-6H3. The lowest BCUT2D eigenvalue weighted by molar-refractivity contribution is 0.659. The lowest BCUT2D eigenvalue weighted by Gasteiger charge is -2.32. The van der Waals surface area contributed by atoms with Crippen molar-refractivity contribution in [2.45, 2.75) is 57.8 Å². The Labute approximate surface area is 308 Å². The number of fused-ring (bicyclic) bond motifs is 9. The van der Waals surface area contributed by atoms with Crippen molar-refractivity contribution in [2.75, 3.05) is 4.90 Å². The van der Waals surface area contributed by atoms with Crippen LogP contribution in [0.15, 0.2) is 152 Å². The van der Waals surface area contributed by atoms with E-state index >= 15 is 0 Å². The number of hydrogen-bond acceptors (Lipinski definition) is 1. The van der Waals surface area contributed by atoms with E-state index in [1.54, 1.807) is 0 Å². The molecule has 0 saturated heterocycles. The molecular weight excluding hydrogens is 627 g/mol. The topological polar surface area (TPSA) is 3.24 Å². The number of hydrogen-bond donors (Lipinski definition) is 0. The number of rotatable bonds is 4. The van der Waals surface area contributed by atoms with Gasteiger partial charge in [0.05, 0.1) is 5.69 Å². The fourth-order valence-corrected chi connectivity index (χ4v) is 9.86. The Kier molecular flexibility index (Phi) is 6.39. The molecule has 0 unspecified atom stereocenters. The second-order valence-corrected chi connectivity index (χ2v) is 16.6. The van der Waals surface area contributed by atoms with Crippen LogP contribution in [-0.2, 0) is 16.2 Å². The summed E-state index contributed by atoms with van der Waals surface area (Å²) < 4.78 is 0. The molecule has 3 aliphatic carbocycles. The van der Waals surface area contributed by atoms with Gasteiger partial charge in [-0.15, -0.1) is 0 Å². The second kappa shape index (κ2) is 10.7. The van der Waals surface area contributed by atoms with E-state index in [0.29, 0.717) is 0 Å². The quantitative estimate of drug-likeness (QED) is 0.180. The van der Waals surface area contributed by atoms with Gasteiger partial charge in [-0.1, -0.05) is 157 Å². The zero-order chi connectivity index (χ0) is 35.6. The van der Waals surface area contributed by atoms with E-state index in [9.17, 15) is 0 Å². The van der Waals surface area contributed by atoms with Crippen LogP contribution in [0.25, 0.3) is 44.5 Å². The Morgan fingerprint density at radius 1 is 0.308 bits per heavy atom. The molecule has 52 heavy (non-hydrogen) atoms. The summed E-state index contributed by atoms with van der Waals surface area (Å²) >= 11 is 0. The van der Waals surface area contributed by atoms with E-state index in [2.05, 4.69) is 198 Å². The van der Waals surface area contributed by atoms with Gasteiger partial charge in [-0.05, 0) is 109 Å². The van der Waals surface area contributed by atoms with Crippen LogP contribution in [0.5, 0.6) is 0 Å². The van der Waals surface area contributed by atoms with Crippen molar-refractivity contribution >= 4 is 17.1 Å². The maximum absolute atomic E-state index is 2.56. The smallest absolute Gasteiger partial charge is 0.0543 e. The van der Waals surface area contributed by atoms with Crippen molar-refractivity contribution < 1.29 is 0 Å². The van der Waals surface area contributed by atoms with Crippen LogP contribution >= 0.6 is 0 Å². The fraction of sp³-hybridized carbons (Fsp3) is 0.176. The summed E-state index contributed by atoms with van der Waals surface area (Å²) in [6, 6.07) is 57.2. The monoisotopic (exact) mass is 669 g/mol. The average molecular weight is 670 g/mol. The van der Waals surface area contributed by atoms with Gasteiger partial charge in [0, 0.05) is 33.2 Å². The Morgan fingerprint density at radius 3 is 1.17 bits per heavy atom. The Hall–Kier alpha value is -5.66. The van der Waals surface area contributed by atoms with Crippen molar-refractivity contribution in [3.8, 4) is 44.5 Å². The van der Waals surface area contributed by atoms with Gasteiger partial charge in [-0.3, -0.25) is 0 Å². The van der Waals surface area contributed by atoms with E-state index in [-0.39, 0.29) is 16.2 Å². The van der Waals surface area contributed by atoms with Crippen LogP contribution in [0.4, 0.5) is 17.1 Å². The molecule has 0 amide bonds. The normalized spacial score (nSPS) is 16.0. The van der Waals surface area contributed by atoms with Gasteiger partial charge in [0.2, 0.25) is 0 Å². The molecule has 1 nitrogen and oxygen atoms in total. The van der Waals surface area contributed by atoms with Gasteiger partial charge in [-0.2, -0.15) is 0 Å². The zero-order valence-corrected chi connectivity index (χ0v) is 30.9. The first-order valence-electron chi connectivity index (χ1n) is 18.7. The minimum absolute atomic E-state index is 0.112. The molecule has 0 atom stereocenters. The predicted molar refractivity (Wildman–Crippen MR) is 219 cm³/mol. The maximum Gasteiger partial charge on any atom is 0.0543 e. The van der Waals surface area contributed by atoms with Crippen molar-refractivity contribution in [1.82, 2.24) is 0 Å². The summed E-state index contributed by atoms with van der Waals surface area (Å²) in [4.78, 5) is 2.56. The molecule has 10 rings (SSSR count). The zero-order valence-electron chi connectivity index (χ0n) is 30.9. The van der Waals surface area contributed by atoms with E-state index in [0.717, 1.165) is 0 Å². The van der Waals surface area contributed by atoms with Crippen LogP contribution in [0.1, 0.15) is 74.9 Å². The van der Waals surface area contributed by atoms with E-state index in [1.807, 2.05) is 0 Å². The van der Waals surface area contributed by atoms with Gasteiger partial charge >= 0.3 is 0 Å². The summed E-state index contributed by atoms with van der Waals surface area (Å²) in [6.07, 6.45) is 0. The van der Waals surface area contributed by atoms with E-state index < -0.39 is 0 Å². The molecule has 0 fully saturated rings. The summed E-state index contributed by atoms with van der Waals surface area (Å²) in [6.45, 7) is 14.3. The highest BCUT2D eigenvalue weighted by molar-refractivity contribution is 5.96. The van der Waals surface area contributed by atoms with Gasteiger partial charge in [0.1, 0.15) is 0 Å². The number of anilines is 3. The van der Waals surface area contributed by atoms with Gasteiger partial charge in [-0.25, -0.2) is 0 Å². The lowest BCUT2D eigenvalue weighted by Crippen LogP contribution is -2.19. The van der Waals surface area contributed by atoms with Crippen LogP contribution in [0.3, 0.4) is 0 Å². The number of nitrogens with zero attached hydrogens (tertiary/aromatic N) is 1. The highest BCUT2D eigenvalue weighted by Gasteiger charge is 2.40. The summed E-state index contributed by atoms with van der Waals surface area (Å²) in [5.41, 5.74) is 22.0. The van der Waals surface area contributed by atoms with Crippen LogP contribution in [0.2, 0.25) is 0 Å². The van der Waals surface area contributed by atoms with Gasteiger partial charge < -0.3 is 4.90 Å². The Bertz CT molecular complexity index is 2490. The first-order valence-corrected chi connectivity index (χ1v) is 18.7. The van der Waals surface area contributed by atoms with Gasteiger partial charge in [0.15, 0.2) is 0 Å². The molecule has 0 N–H and O–H groups in total. The molecule has 0 bridgehead atoms. The third-order valence-corrected chi connectivity index (χ3v) is 12.7. The summed E-state index contributed by atoms with van der Waals surface area (Å²) in [5.74, 6) is 0. The molecule has 0 radical (unpaired) electrons. The molecule has 3 aliphatic rings. The Balaban J connectivity index is 1.27. The molecule has 0 spiro atoms. The number of benzene rings is 7. The van der Waals surface area contributed by atoms with Crippen molar-refractivity contribution in [3.63, 3.8) is 0 Å². The minimum atomic E-state index is -0.134. The highest BCUT2D eigenvalue weighted by Crippen LogP contribution is 2.56. The van der Waals surface area contributed by atoms with E-state index in [1.165, 1.54) is 95.0 Å². The minimum Gasteiger partial charge on any atom is -0.310 e. The lowest BCUT2D eigenvalue weighted by atomic mass is 9.81. The molecule has 0 aliphatic heterocycles. The van der Waals surface area contributed by atoms with Crippen LogP contribution in [0, 0.1) is 0 Å². The Morgan fingerprint density at radius 2 is 0.692 bits per heavy atom. The molecule has 7 aromatic carbocycles. The fourth-order valence-electron chi connectivity index (χ4n) is 9.86. The van der Waals surface area contributed by atoms with Crippen molar-refractivity contribution in [3.05, 3.63) is 185 Å². The molecule has 0 saturated carbocycles. The third kappa shape index (κ3) is 4.17. The maximum atomic E-state index is 2.56.